The molecule has 18 heavy (non-hydrogen) atoms. The lowest BCUT2D eigenvalue weighted by Gasteiger charge is -2.22. The van der Waals surface area contributed by atoms with E-state index in [9.17, 15) is 4.79 Å². The smallest absolute Gasteiger partial charge is 0.224 e. The van der Waals surface area contributed by atoms with E-state index in [-0.39, 0.29) is 17.2 Å². The lowest BCUT2D eigenvalue weighted by atomic mass is 9.98. The Hall–Kier alpha value is -0.510. The quantitative estimate of drug-likeness (QED) is 0.782. The van der Waals surface area contributed by atoms with Crippen LogP contribution < -0.4 is 10.6 Å². The molecule has 0 radical (unpaired) electrons. The molecule has 0 spiro atoms. The number of nitrogens with one attached hydrogen (secondary N) is 2. The Morgan fingerprint density at radius 2 is 2.39 bits per heavy atom. The zero-order chi connectivity index (χ0) is 13.0. The molecule has 1 aliphatic carbocycles. The van der Waals surface area contributed by atoms with E-state index < -0.39 is 0 Å². The molecule has 1 amide bonds. The molecule has 2 atom stereocenters. The topological polar surface area (TPSA) is 41.1 Å². The lowest BCUT2D eigenvalue weighted by molar-refractivity contribution is -0.125. The number of amides is 1. The minimum atomic E-state index is -0.0282. The molecule has 1 saturated heterocycles. The van der Waals surface area contributed by atoms with Gasteiger partial charge in [0.1, 0.15) is 0 Å². The summed E-state index contributed by atoms with van der Waals surface area (Å²) in [4.78, 5) is 11.9. The van der Waals surface area contributed by atoms with Crippen molar-refractivity contribution in [2.45, 2.75) is 24.6 Å². The lowest BCUT2D eigenvalue weighted by Crippen LogP contribution is -2.41. The van der Waals surface area contributed by atoms with Crippen LogP contribution in [0.25, 0.3) is 0 Å². The molecule has 3 nitrogen and oxygen atoms in total. The van der Waals surface area contributed by atoms with Gasteiger partial charge in [-0.05, 0) is 25.0 Å². The van der Waals surface area contributed by atoms with Crippen molar-refractivity contribution in [2.24, 2.45) is 5.92 Å². The van der Waals surface area contributed by atoms with Gasteiger partial charge in [0, 0.05) is 24.5 Å². The zero-order valence-electron chi connectivity index (χ0n) is 10.2. The molecule has 0 aromatic heterocycles. The second kappa shape index (κ2) is 6.60. The highest BCUT2D eigenvalue weighted by molar-refractivity contribution is 6.31. The van der Waals surface area contributed by atoms with Crippen LogP contribution in [-0.2, 0) is 4.79 Å². The Kier molecular flexibility index (Phi) is 5.10. The number of allylic oxidation sites excluding steroid dienone is 2. The summed E-state index contributed by atoms with van der Waals surface area (Å²) in [5.74, 6) is 0.201. The van der Waals surface area contributed by atoms with Gasteiger partial charge in [0.2, 0.25) is 5.91 Å². The van der Waals surface area contributed by atoms with Crippen molar-refractivity contribution in [1.82, 2.24) is 10.6 Å². The summed E-state index contributed by atoms with van der Waals surface area (Å²) < 4.78 is 0. The van der Waals surface area contributed by atoms with Crippen molar-refractivity contribution in [3.8, 4) is 0 Å². The van der Waals surface area contributed by atoms with Crippen LogP contribution >= 0.6 is 23.2 Å². The summed E-state index contributed by atoms with van der Waals surface area (Å²) in [5, 5.41) is 6.91. The van der Waals surface area contributed by atoms with Crippen LogP contribution in [0.2, 0.25) is 0 Å². The number of halogens is 2. The fourth-order valence-corrected chi connectivity index (χ4v) is 2.84. The highest BCUT2D eigenvalue weighted by Crippen LogP contribution is 2.25. The van der Waals surface area contributed by atoms with Crippen molar-refractivity contribution in [1.29, 1.82) is 0 Å². The largest absolute Gasteiger partial charge is 0.352 e. The fourth-order valence-electron chi connectivity index (χ4n) is 2.24. The van der Waals surface area contributed by atoms with Crippen LogP contribution in [0.1, 0.15) is 19.3 Å². The summed E-state index contributed by atoms with van der Waals surface area (Å²) in [5.41, 5.74) is 0.964. The van der Waals surface area contributed by atoms with Crippen LogP contribution in [-0.4, -0.2) is 30.9 Å². The summed E-state index contributed by atoms with van der Waals surface area (Å²) in [7, 11) is 0. The Labute approximate surface area is 118 Å². The minimum Gasteiger partial charge on any atom is -0.352 e. The average Bonchev–Trinajstić information content (AvgIpc) is 2.38. The third kappa shape index (κ3) is 3.74. The first kappa shape index (κ1) is 13.9. The molecule has 2 rings (SSSR count). The number of hydrogen-bond acceptors (Lipinski definition) is 2. The number of rotatable bonds is 3. The predicted octanol–water partition coefficient (Wildman–Crippen LogP) is 2.16. The van der Waals surface area contributed by atoms with Gasteiger partial charge < -0.3 is 10.6 Å². The molecule has 100 valence electrons. The number of piperidine rings is 1. The van der Waals surface area contributed by atoms with E-state index >= 15 is 0 Å². The SMILES string of the molecule is O=C(NCC1=C(Cl)CC(Cl)C=C1)[C@@H]1CCCNC1. The summed E-state index contributed by atoms with van der Waals surface area (Å²) >= 11 is 12.1. The molecule has 0 bridgehead atoms. The van der Waals surface area contributed by atoms with Crippen molar-refractivity contribution in [2.75, 3.05) is 19.6 Å². The highest BCUT2D eigenvalue weighted by atomic mass is 35.5. The second-order valence-corrected chi connectivity index (χ2v) is 5.79. The van der Waals surface area contributed by atoms with Gasteiger partial charge in [-0.1, -0.05) is 23.8 Å². The van der Waals surface area contributed by atoms with Gasteiger partial charge in [-0.15, -0.1) is 11.6 Å². The van der Waals surface area contributed by atoms with Gasteiger partial charge in [0.05, 0.1) is 11.3 Å². The van der Waals surface area contributed by atoms with E-state index in [1.165, 1.54) is 0 Å². The van der Waals surface area contributed by atoms with Gasteiger partial charge in [-0.25, -0.2) is 0 Å². The predicted molar refractivity (Wildman–Crippen MR) is 74.9 cm³/mol. The molecule has 0 saturated carbocycles. The molecule has 5 heteroatoms. The maximum absolute atomic E-state index is 11.9. The summed E-state index contributed by atoms with van der Waals surface area (Å²) in [6.45, 7) is 2.28. The van der Waals surface area contributed by atoms with E-state index in [2.05, 4.69) is 10.6 Å². The van der Waals surface area contributed by atoms with Crippen LogP contribution in [0, 0.1) is 5.92 Å². The number of alkyl halides is 1. The number of hydrogen-bond donors (Lipinski definition) is 2. The van der Waals surface area contributed by atoms with E-state index in [0.29, 0.717) is 13.0 Å². The Bertz CT molecular complexity index is 373. The summed E-state index contributed by atoms with van der Waals surface area (Å²) in [6.07, 6.45) is 6.50. The van der Waals surface area contributed by atoms with E-state index in [4.69, 9.17) is 23.2 Å². The fraction of sp³-hybridized carbons (Fsp3) is 0.615. The van der Waals surface area contributed by atoms with Crippen molar-refractivity contribution in [3.63, 3.8) is 0 Å². The van der Waals surface area contributed by atoms with Gasteiger partial charge in [-0.3, -0.25) is 4.79 Å². The maximum Gasteiger partial charge on any atom is 0.224 e. The van der Waals surface area contributed by atoms with Gasteiger partial charge in [0.15, 0.2) is 0 Å². The van der Waals surface area contributed by atoms with Gasteiger partial charge in [-0.2, -0.15) is 0 Å². The maximum atomic E-state index is 11.9. The van der Waals surface area contributed by atoms with E-state index in [1.54, 1.807) is 0 Å². The van der Waals surface area contributed by atoms with Crippen molar-refractivity contribution >= 4 is 29.1 Å². The van der Waals surface area contributed by atoms with Crippen LogP contribution in [0.4, 0.5) is 0 Å². The molecule has 1 aliphatic heterocycles. The minimum absolute atomic E-state index is 0.0282. The molecule has 1 heterocycles. The molecular formula is C13H18Cl2N2O. The summed E-state index contributed by atoms with van der Waals surface area (Å²) in [6, 6.07) is 0. The van der Waals surface area contributed by atoms with Crippen molar-refractivity contribution in [3.05, 3.63) is 22.8 Å². The number of carbonyl (C=O) groups excluding carboxylic acids is 1. The third-order valence-electron chi connectivity index (χ3n) is 3.35. The second-order valence-electron chi connectivity index (χ2n) is 4.77. The van der Waals surface area contributed by atoms with E-state index in [0.717, 1.165) is 36.5 Å². The van der Waals surface area contributed by atoms with Crippen molar-refractivity contribution < 1.29 is 4.79 Å². The number of carbonyl (C=O) groups is 1. The zero-order valence-corrected chi connectivity index (χ0v) is 11.7. The third-order valence-corrected chi connectivity index (χ3v) is 4.05. The molecule has 1 unspecified atom stereocenters. The van der Waals surface area contributed by atoms with E-state index in [1.807, 2.05) is 12.2 Å². The van der Waals surface area contributed by atoms with Gasteiger partial charge >= 0.3 is 0 Å². The first-order valence-electron chi connectivity index (χ1n) is 6.35. The Morgan fingerprint density at radius 3 is 3.06 bits per heavy atom. The molecule has 0 aromatic carbocycles. The monoisotopic (exact) mass is 288 g/mol. The Morgan fingerprint density at radius 1 is 1.56 bits per heavy atom. The standard InChI is InChI=1S/C13H18Cl2N2O/c14-11-4-3-9(12(15)6-11)8-17-13(18)10-2-1-5-16-7-10/h3-4,10-11,16H,1-2,5-8H2,(H,17,18)/t10-,11?/m1/s1. The average molecular weight is 289 g/mol. The van der Waals surface area contributed by atoms with Gasteiger partial charge in [0.25, 0.3) is 0 Å². The Balaban J connectivity index is 1.82. The molecule has 0 aromatic rings. The molecule has 1 fully saturated rings. The normalized spacial score (nSPS) is 28.3. The molecular weight excluding hydrogens is 271 g/mol. The van der Waals surface area contributed by atoms with Crippen LogP contribution in [0.15, 0.2) is 22.8 Å². The first-order chi connectivity index (χ1) is 8.66. The highest BCUT2D eigenvalue weighted by Gasteiger charge is 2.21. The van der Waals surface area contributed by atoms with Crippen LogP contribution in [0.3, 0.4) is 0 Å². The van der Waals surface area contributed by atoms with Crippen LogP contribution in [0.5, 0.6) is 0 Å². The molecule has 2 aliphatic rings. The first-order valence-corrected chi connectivity index (χ1v) is 7.16. The molecule has 2 N–H and O–H groups in total.